The van der Waals surface area contributed by atoms with Crippen LogP contribution in [0.3, 0.4) is 0 Å². The van der Waals surface area contributed by atoms with Crippen molar-refractivity contribution < 1.29 is 23.5 Å². The van der Waals surface area contributed by atoms with Crippen LogP contribution < -0.4 is 10.6 Å². The molecule has 0 aliphatic carbocycles. The van der Waals surface area contributed by atoms with Crippen LogP contribution in [0.2, 0.25) is 0 Å². The number of carbonyl (C=O) groups is 3. The average molecular weight is 424 g/mol. The molecule has 3 rings (SSSR count). The summed E-state index contributed by atoms with van der Waals surface area (Å²) in [5, 5.41) is 9.40. The molecule has 1 heterocycles. The zero-order valence-electron chi connectivity index (χ0n) is 17.0. The van der Waals surface area contributed by atoms with Crippen molar-refractivity contribution in [2.75, 3.05) is 11.9 Å². The molecule has 9 heteroatoms. The summed E-state index contributed by atoms with van der Waals surface area (Å²) in [7, 11) is 0. The Balaban J connectivity index is 1.55. The van der Waals surface area contributed by atoms with Crippen LogP contribution in [-0.4, -0.2) is 40.2 Å². The Hall–Kier alpha value is -4.01. The highest BCUT2D eigenvalue weighted by Gasteiger charge is 2.19. The first-order valence-corrected chi connectivity index (χ1v) is 9.48. The molecule has 0 unspecified atom stereocenters. The van der Waals surface area contributed by atoms with Gasteiger partial charge in [-0.2, -0.15) is 5.10 Å². The summed E-state index contributed by atoms with van der Waals surface area (Å²) in [6, 6.07) is 14.7. The van der Waals surface area contributed by atoms with Crippen LogP contribution in [-0.2, 0) is 14.3 Å². The molecule has 0 saturated carbocycles. The first kappa shape index (κ1) is 21.7. The Morgan fingerprint density at radius 3 is 2.45 bits per heavy atom. The van der Waals surface area contributed by atoms with Gasteiger partial charge in [-0.25, -0.2) is 13.9 Å². The van der Waals surface area contributed by atoms with Crippen LogP contribution in [0.1, 0.15) is 23.0 Å². The van der Waals surface area contributed by atoms with E-state index in [1.54, 1.807) is 43.3 Å². The lowest BCUT2D eigenvalue weighted by Gasteiger charge is -2.14. The number of amides is 2. The first-order valence-electron chi connectivity index (χ1n) is 9.48. The molecule has 0 saturated heterocycles. The molecule has 0 bridgehead atoms. The van der Waals surface area contributed by atoms with Crippen molar-refractivity contribution in [2.24, 2.45) is 0 Å². The summed E-state index contributed by atoms with van der Waals surface area (Å²) in [6.07, 6.45) is 0. The van der Waals surface area contributed by atoms with E-state index in [9.17, 15) is 18.8 Å². The number of esters is 1. The number of aromatic nitrogens is 2. The third-order valence-corrected chi connectivity index (χ3v) is 4.25. The fourth-order valence-electron chi connectivity index (χ4n) is 2.74. The zero-order valence-corrected chi connectivity index (χ0v) is 17.0. The van der Waals surface area contributed by atoms with E-state index in [1.807, 2.05) is 0 Å². The molecule has 8 nitrogen and oxygen atoms in total. The summed E-state index contributed by atoms with van der Waals surface area (Å²) >= 11 is 0. The Labute approximate surface area is 178 Å². The van der Waals surface area contributed by atoms with E-state index in [1.165, 1.54) is 35.9 Å². The molecule has 1 atom stereocenters. The minimum Gasteiger partial charge on any atom is -0.454 e. The van der Waals surface area contributed by atoms with Gasteiger partial charge in [0, 0.05) is 11.6 Å². The van der Waals surface area contributed by atoms with Crippen molar-refractivity contribution in [3.63, 3.8) is 0 Å². The molecule has 2 amide bonds. The molecule has 0 aliphatic rings. The normalized spacial score (nSPS) is 11.5. The van der Waals surface area contributed by atoms with E-state index in [-0.39, 0.29) is 0 Å². The van der Waals surface area contributed by atoms with Gasteiger partial charge >= 0.3 is 5.97 Å². The van der Waals surface area contributed by atoms with E-state index in [0.717, 1.165) is 0 Å². The van der Waals surface area contributed by atoms with Crippen molar-refractivity contribution in [3.05, 3.63) is 77.7 Å². The number of carbonyl (C=O) groups excluding carboxylic acids is 3. The Morgan fingerprint density at radius 2 is 1.77 bits per heavy atom. The van der Waals surface area contributed by atoms with Gasteiger partial charge in [0.15, 0.2) is 6.61 Å². The molecule has 31 heavy (non-hydrogen) atoms. The number of rotatable bonds is 7. The molecular formula is C22H21FN4O4. The van der Waals surface area contributed by atoms with Gasteiger partial charge in [0.25, 0.3) is 11.8 Å². The maximum atomic E-state index is 13.2. The lowest BCUT2D eigenvalue weighted by molar-refractivity contribution is -0.148. The zero-order chi connectivity index (χ0) is 22.4. The summed E-state index contributed by atoms with van der Waals surface area (Å²) in [5.74, 6) is -1.80. The second kappa shape index (κ2) is 9.66. The molecule has 0 radical (unpaired) electrons. The van der Waals surface area contributed by atoms with Crippen LogP contribution in [0.15, 0.2) is 60.7 Å². The summed E-state index contributed by atoms with van der Waals surface area (Å²) in [5.41, 5.74) is 1.59. The van der Waals surface area contributed by atoms with Gasteiger partial charge in [0.05, 0.1) is 11.4 Å². The molecule has 160 valence electrons. The van der Waals surface area contributed by atoms with Crippen molar-refractivity contribution in [1.29, 1.82) is 0 Å². The molecule has 0 spiro atoms. The largest absolute Gasteiger partial charge is 0.454 e. The van der Waals surface area contributed by atoms with Crippen molar-refractivity contribution in [2.45, 2.75) is 19.9 Å². The quantitative estimate of drug-likeness (QED) is 0.568. The molecule has 1 aromatic heterocycles. The fraction of sp³-hybridized carbons (Fsp3) is 0.182. The van der Waals surface area contributed by atoms with Crippen molar-refractivity contribution in [3.8, 4) is 5.69 Å². The van der Waals surface area contributed by atoms with Gasteiger partial charge in [0.2, 0.25) is 0 Å². The van der Waals surface area contributed by atoms with E-state index in [4.69, 9.17) is 4.74 Å². The van der Waals surface area contributed by atoms with E-state index < -0.39 is 36.2 Å². The van der Waals surface area contributed by atoms with E-state index in [2.05, 4.69) is 15.7 Å². The van der Waals surface area contributed by atoms with Gasteiger partial charge in [-0.15, -0.1) is 0 Å². The number of hydrogen-bond donors (Lipinski definition) is 2. The lowest BCUT2D eigenvalue weighted by Crippen LogP contribution is -2.40. The molecule has 3 aromatic rings. The number of anilines is 1. The minimum atomic E-state index is -0.938. The highest BCUT2D eigenvalue weighted by Crippen LogP contribution is 2.17. The predicted molar refractivity (Wildman–Crippen MR) is 111 cm³/mol. The number of benzene rings is 2. The SMILES string of the molecule is Cc1cc(NC(=O)COC(=O)[C@H](C)NC(=O)c2ccccc2)n(-c2ccc(F)cc2)n1. The highest BCUT2D eigenvalue weighted by atomic mass is 19.1. The second-order valence-corrected chi connectivity index (χ2v) is 6.78. The summed E-state index contributed by atoms with van der Waals surface area (Å²) in [6.45, 7) is 2.67. The van der Waals surface area contributed by atoms with Crippen LogP contribution >= 0.6 is 0 Å². The molecule has 0 aliphatic heterocycles. The van der Waals surface area contributed by atoms with Crippen LogP contribution in [0.25, 0.3) is 5.69 Å². The summed E-state index contributed by atoms with van der Waals surface area (Å²) in [4.78, 5) is 36.5. The molecule has 2 aromatic carbocycles. The third kappa shape index (κ3) is 5.75. The number of halogens is 1. The Morgan fingerprint density at radius 1 is 1.10 bits per heavy atom. The Bertz CT molecular complexity index is 1080. The number of aryl methyl sites for hydroxylation is 1. The topological polar surface area (TPSA) is 102 Å². The minimum absolute atomic E-state index is 0.343. The van der Waals surface area contributed by atoms with Crippen molar-refractivity contribution in [1.82, 2.24) is 15.1 Å². The number of ether oxygens (including phenoxy) is 1. The lowest BCUT2D eigenvalue weighted by atomic mass is 10.2. The number of hydrogen-bond acceptors (Lipinski definition) is 5. The molecular weight excluding hydrogens is 403 g/mol. The Kier molecular flexibility index (Phi) is 6.76. The van der Waals surface area contributed by atoms with Gasteiger partial charge < -0.3 is 15.4 Å². The molecule has 0 fully saturated rings. The number of nitrogens with zero attached hydrogens (tertiary/aromatic N) is 2. The molecule has 2 N–H and O–H groups in total. The maximum Gasteiger partial charge on any atom is 0.328 e. The van der Waals surface area contributed by atoms with Gasteiger partial charge in [0.1, 0.15) is 17.7 Å². The first-order chi connectivity index (χ1) is 14.8. The summed E-state index contributed by atoms with van der Waals surface area (Å²) < 4.78 is 19.6. The van der Waals surface area contributed by atoms with Gasteiger partial charge in [-0.3, -0.25) is 9.59 Å². The predicted octanol–water partition coefficient (Wildman–Crippen LogP) is 2.62. The fourth-order valence-corrected chi connectivity index (χ4v) is 2.74. The highest BCUT2D eigenvalue weighted by molar-refractivity contribution is 5.97. The standard InChI is InChI=1S/C22H21FN4O4/c1-14-12-19(27(26-14)18-10-8-17(23)9-11-18)25-20(28)13-31-22(30)15(2)24-21(29)16-6-4-3-5-7-16/h3-12,15H,13H2,1-2H3,(H,24,29)(H,25,28)/t15-/m0/s1. The van der Waals surface area contributed by atoms with Gasteiger partial charge in [-0.1, -0.05) is 18.2 Å². The van der Waals surface area contributed by atoms with Crippen LogP contribution in [0.5, 0.6) is 0 Å². The van der Waals surface area contributed by atoms with E-state index in [0.29, 0.717) is 22.8 Å². The van der Waals surface area contributed by atoms with E-state index >= 15 is 0 Å². The van der Waals surface area contributed by atoms with Gasteiger partial charge in [-0.05, 0) is 50.2 Å². The smallest absolute Gasteiger partial charge is 0.328 e. The third-order valence-electron chi connectivity index (χ3n) is 4.25. The van der Waals surface area contributed by atoms with Crippen LogP contribution in [0, 0.1) is 12.7 Å². The monoisotopic (exact) mass is 424 g/mol. The van der Waals surface area contributed by atoms with Crippen molar-refractivity contribution >= 4 is 23.6 Å². The van der Waals surface area contributed by atoms with Crippen LogP contribution in [0.4, 0.5) is 10.2 Å². The average Bonchev–Trinajstić information content (AvgIpc) is 3.12. The maximum absolute atomic E-state index is 13.2. The number of nitrogens with one attached hydrogen (secondary N) is 2. The second-order valence-electron chi connectivity index (χ2n) is 6.78.